The van der Waals surface area contributed by atoms with Crippen LogP contribution in [0.25, 0.3) is 0 Å². The number of hydroxylamine groups is 1. The molecule has 0 radical (unpaired) electrons. The zero-order valence-corrected chi connectivity index (χ0v) is 9.55. The van der Waals surface area contributed by atoms with Crippen LogP contribution in [-0.2, 0) is 17.7 Å². The molecule has 0 aliphatic heterocycles. The summed E-state index contributed by atoms with van der Waals surface area (Å²) >= 11 is 0. The molecule has 1 aromatic rings. The van der Waals surface area contributed by atoms with Gasteiger partial charge in [-0.15, -0.1) is 0 Å². The topological polar surface area (TPSA) is 21.3 Å². The van der Waals surface area contributed by atoms with Crippen LogP contribution < -0.4 is 5.48 Å². The normalized spacial score (nSPS) is 10.0. The first-order valence-corrected chi connectivity index (χ1v) is 5.35. The highest BCUT2D eigenvalue weighted by Gasteiger charge is 2.03. The lowest BCUT2D eigenvalue weighted by Gasteiger charge is -2.11. The van der Waals surface area contributed by atoms with Crippen molar-refractivity contribution >= 4 is 0 Å². The van der Waals surface area contributed by atoms with E-state index < -0.39 is 0 Å². The maximum atomic E-state index is 5.17. The van der Waals surface area contributed by atoms with Gasteiger partial charge in [0.15, 0.2) is 0 Å². The molecule has 0 fully saturated rings. The summed E-state index contributed by atoms with van der Waals surface area (Å²) in [5, 5.41) is 0. The van der Waals surface area contributed by atoms with Crippen LogP contribution in [0.5, 0.6) is 0 Å². The van der Waals surface area contributed by atoms with Crippen molar-refractivity contribution in [2.24, 2.45) is 0 Å². The van der Waals surface area contributed by atoms with Crippen molar-refractivity contribution in [3.63, 3.8) is 0 Å². The summed E-state index contributed by atoms with van der Waals surface area (Å²) in [4.78, 5) is 5.17. The fraction of sp³-hybridized carbons (Fsp3) is 0.385. The smallest absolute Gasteiger partial charge is 0.0786 e. The van der Waals surface area contributed by atoms with Crippen molar-refractivity contribution in [2.75, 3.05) is 6.61 Å². The third-order valence-corrected chi connectivity index (χ3v) is 2.51. The molecule has 0 atom stereocenters. The molecule has 0 bridgehead atoms. The zero-order chi connectivity index (χ0) is 11.1. The molecule has 1 rings (SSSR count). The van der Waals surface area contributed by atoms with Gasteiger partial charge in [0.25, 0.3) is 0 Å². The standard InChI is InChI=1S/C13H19NO/c1-4-12-8-6-7-11(3)13(12)9-10-15-14-5-2/h5-8,14H,2,4,9-10H2,1,3H3. The van der Waals surface area contributed by atoms with E-state index in [0.717, 1.165) is 12.8 Å². The monoisotopic (exact) mass is 205 g/mol. The first-order valence-electron chi connectivity index (χ1n) is 5.35. The van der Waals surface area contributed by atoms with E-state index >= 15 is 0 Å². The van der Waals surface area contributed by atoms with Gasteiger partial charge in [-0.3, -0.25) is 10.3 Å². The molecule has 0 amide bonds. The van der Waals surface area contributed by atoms with Crippen LogP contribution in [-0.4, -0.2) is 6.61 Å². The van der Waals surface area contributed by atoms with Crippen LogP contribution in [0.15, 0.2) is 31.0 Å². The van der Waals surface area contributed by atoms with Crippen LogP contribution >= 0.6 is 0 Å². The molecule has 0 aliphatic carbocycles. The Morgan fingerprint density at radius 2 is 2.27 bits per heavy atom. The Hall–Kier alpha value is -1.28. The number of aryl methyl sites for hydroxylation is 2. The van der Waals surface area contributed by atoms with Crippen LogP contribution in [0.3, 0.4) is 0 Å². The fourth-order valence-electron chi connectivity index (χ4n) is 1.72. The summed E-state index contributed by atoms with van der Waals surface area (Å²) in [5.41, 5.74) is 6.81. The van der Waals surface area contributed by atoms with E-state index in [1.165, 1.54) is 16.7 Å². The van der Waals surface area contributed by atoms with E-state index in [1.54, 1.807) is 6.20 Å². The second-order valence-corrected chi connectivity index (χ2v) is 3.49. The van der Waals surface area contributed by atoms with Gasteiger partial charge in [-0.1, -0.05) is 31.7 Å². The van der Waals surface area contributed by atoms with Gasteiger partial charge in [-0.25, -0.2) is 0 Å². The molecule has 0 spiro atoms. The SMILES string of the molecule is C=CNOCCc1c(C)cccc1CC. The molecule has 0 heterocycles. The molecule has 0 saturated carbocycles. The summed E-state index contributed by atoms with van der Waals surface area (Å²) < 4.78 is 0. The van der Waals surface area contributed by atoms with Gasteiger partial charge in [0, 0.05) is 6.20 Å². The second kappa shape index (κ2) is 6.25. The molecule has 15 heavy (non-hydrogen) atoms. The Kier molecular flexibility index (Phi) is 4.91. The van der Waals surface area contributed by atoms with Gasteiger partial charge < -0.3 is 0 Å². The maximum Gasteiger partial charge on any atom is 0.0786 e. The number of benzene rings is 1. The van der Waals surface area contributed by atoms with Gasteiger partial charge in [0.1, 0.15) is 0 Å². The van der Waals surface area contributed by atoms with Crippen molar-refractivity contribution in [1.29, 1.82) is 0 Å². The van der Waals surface area contributed by atoms with Gasteiger partial charge in [0.2, 0.25) is 0 Å². The van der Waals surface area contributed by atoms with E-state index in [0.29, 0.717) is 6.61 Å². The average molecular weight is 205 g/mol. The first-order chi connectivity index (χ1) is 7.29. The lowest BCUT2D eigenvalue weighted by atomic mass is 9.98. The number of hydrogen-bond acceptors (Lipinski definition) is 2. The van der Waals surface area contributed by atoms with Gasteiger partial charge in [-0.2, -0.15) is 0 Å². The molecule has 1 aromatic carbocycles. The summed E-state index contributed by atoms with van der Waals surface area (Å²) in [7, 11) is 0. The molecule has 0 aliphatic rings. The highest BCUT2D eigenvalue weighted by Crippen LogP contribution is 2.15. The Balaban J connectivity index is 2.61. The van der Waals surface area contributed by atoms with E-state index in [2.05, 4.69) is 44.1 Å². The highest BCUT2D eigenvalue weighted by atomic mass is 16.6. The van der Waals surface area contributed by atoms with Crippen molar-refractivity contribution in [3.05, 3.63) is 47.7 Å². The molecule has 2 heteroatoms. The molecule has 0 unspecified atom stereocenters. The summed E-state index contributed by atoms with van der Waals surface area (Å²) in [6.07, 6.45) is 3.56. The third kappa shape index (κ3) is 3.40. The molecule has 0 aromatic heterocycles. The molecule has 2 nitrogen and oxygen atoms in total. The maximum absolute atomic E-state index is 5.17. The van der Waals surface area contributed by atoms with Crippen molar-refractivity contribution in [3.8, 4) is 0 Å². The van der Waals surface area contributed by atoms with Crippen LogP contribution in [0.1, 0.15) is 23.6 Å². The Morgan fingerprint density at radius 1 is 1.47 bits per heavy atom. The van der Waals surface area contributed by atoms with Crippen LogP contribution in [0.2, 0.25) is 0 Å². The van der Waals surface area contributed by atoms with Gasteiger partial charge in [0.05, 0.1) is 6.61 Å². The number of hydrogen-bond donors (Lipinski definition) is 1. The van der Waals surface area contributed by atoms with Crippen LogP contribution in [0, 0.1) is 6.92 Å². The van der Waals surface area contributed by atoms with E-state index in [9.17, 15) is 0 Å². The second-order valence-electron chi connectivity index (χ2n) is 3.49. The quantitative estimate of drug-likeness (QED) is 0.569. The van der Waals surface area contributed by atoms with E-state index in [4.69, 9.17) is 4.84 Å². The Bertz CT molecular complexity index is 320. The van der Waals surface area contributed by atoms with Gasteiger partial charge >= 0.3 is 0 Å². The van der Waals surface area contributed by atoms with Crippen molar-refractivity contribution in [2.45, 2.75) is 26.7 Å². The predicted octanol–water partition coefficient (Wildman–Crippen LogP) is 2.76. The molecule has 1 N–H and O–H groups in total. The summed E-state index contributed by atoms with van der Waals surface area (Å²) in [6, 6.07) is 6.44. The molecule has 82 valence electrons. The average Bonchev–Trinajstić information content (AvgIpc) is 2.26. The van der Waals surface area contributed by atoms with E-state index in [-0.39, 0.29) is 0 Å². The highest BCUT2D eigenvalue weighted by molar-refractivity contribution is 5.34. The minimum absolute atomic E-state index is 0.671. The fourth-order valence-corrected chi connectivity index (χ4v) is 1.72. The lowest BCUT2D eigenvalue weighted by Crippen LogP contribution is -2.10. The zero-order valence-electron chi connectivity index (χ0n) is 9.55. The summed E-state index contributed by atoms with van der Waals surface area (Å²) in [5.74, 6) is 0. The van der Waals surface area contributed by atoms with Gasteiger partial charge in [-0.05, 0) is 36.5 Å². The molecule has 0 saturated heterocycles. The van der Waals surface area contributed by atoms with Crippen LogP contribution in [0.4, 0.5) is 0 Å². The largest absolute Gasteiger partial charge is 0.276 e. The third-order valence-electron chi connectivity index (χ3n) is 2.51. The lowest BCUT2D eigenvalue weighted by molar-refractivity contribution is 0.0739. The molecular formula is C13H19NO. The minimum Gasteiger partial charge on any atom is -0.276 e. The van der Waals surface area contributed by atoms with Crippen molar-refractivity contribution < 1.29 is 4.84 Å². The van der Waals surface area contributed by atoms with E-state index in [1.807, 2.05) is 0 Å². The Morgan fingerprint density at radius 3 is 2.93 bits per heavy atom. The Labute approximate surface area is 91.9 Å². The minimum atomic E-state index is 0.671. The number of nitrogens with one attached hydrogen (secondary N) is 1. The molecular weight excluding hydrogens is 186 g/mol. The number of rotatable bonds is 6. The predicted molar refractivity (Wildman–Crippen MR) is 63.5 cm³/mol. The van der Waals surface area contributed by atoms with Crippen molar-refractivity contribution in [1.82, 2.24) is 5.48 Å². The first kappa shape index (κ1) is 11.8. The summed E-state index contributed by atoms with van der Waals surface area (Å²) in [6.45, 7) is 8.52.